The van der Waals surface area contributed by atoms with Gasteiger partial charge >= 0.3 is 0 Å². The van der Waals surface area contributed by atoms with Gasteiger partial charge in [0.2, 0.25) is 0 Å². The highest BCUT2D eigenvalue weighted by molar-refractivity contribution is 7.99. The topological polar surface area (TPSA) is 40.5 Å². The molecule has 0 heterocycles. The number of aliphatic hydroxyl groups is 2. The minimum absolute atomic E-state index is 0.148. The summed E-state index contributed by atoms with van der Waals surface area (Å²) >= 11 is 4.10. The van der Waals surface area contributed by atoms with E-state index in [1.165, 1.54) is 56.5 Å². The first kappa shape index (κ1) is 28.1. The molecule has 4 heteroatoms. The van der Waals surface area contributed by atoms with Crippen molar-refractivity contribution in [2.75, 3.05) is 23.9 Å². The Morgan fingerprint density at radius 3 is 2.32 bits per heavy atom. The van der Waals surface area contributed by atoms with Crippen LogP contribution >= 0.6 is 23.5 Å². The van der Waals surface area contributed by atoms with Crippen molar-refractivity contribution in [3.8, 4) is 0 Å². The van der Waals surface area contributed by atoms with Crippen molar-refractivity contribution < 1.29 is 10.2 Å². The van der Waals surface area contributed by atoms with Crippen molar-refractivity contribution in [1.82, 2.24) is 0 Å². The van der Waals surface area contributed by atoms with Crippen molar-refractivity contribution in [3.63, 3.8) is 0 Å². The molecule has 0 amide bonds. The molecule has 0 aliphatic heterocycles. The fourth-order valence-electron chi connectivity index (χ4n) is 3.13. The normalized spacial score (nSPS) is 15.0. The van der Waals surface area contributed by atoms with E-state index in [-0.39, 0.29) is 12.7 Å². The number of hydrogen-bond acceptors (Lipinski definition) is 4. The summed E-state index contributed by atoms with van der Waals surface area (Å²) in [5, 5.41) is 19.9. The average molecular weight is 431 g/mol. The molecule has 3 unspecified atom stereocenters. The van der Waals surface area contributed by atoms with E-state index in [4.69, 9.17) is 5.11 Å². The van der Waals surface area contributed by atoms with Crippen molar-refractivity contribution in [1.29, 1.82) is 0 Å². The van der Waals surface area contributed by atoms with Gasteiger partial charge in [-0.25, -0.2) is 0 Å². The third-order valence-corrected chi connectivity index (χ3v) is 7.59. The Labute approximate surface area is 184 Å². The lowest BCUT2D eigenvalue weighted by molar-refractivity contribution is 0.145. The summed E-state index contributed by atoms with van der Waals surface area (Å²) in [6.07, 6.45) is 18.5. The summed E-state index contributed by atoms with van der Waals surface area (Å²) in [7, 11) is 0. The average Bonchev–Trinajstić information content (AvgIpc) is 2.70. The highest BCUT2D eigenvalue weighted by atomic mass is 32.2. The van der Waals surface area contributed by atoms with Crippen LogP contribution in [0.1, 0.15) is 84.5 Å². The van der Waals surface area contributed by atoms with Gasteiger partial charge in [-0.05, 0) is 81.0 Å². The van der Waals surface area contributed by atoms with Gasteiger partial charge in [0, 0.05) is 5.25 Å². The molecule has 0 rings (SSSR count). The Kier molecular flexibility index (Phi) is 21.9. The summed E-state index contributed by atoms with van der Waals surface area (Å²) in [5.41, 5.74) is 0. The van der Waals surface area contributed by atoms with E-state index in [0.29, 0.717) is 11.2 Å². The molecule has 0 fully saturated rings. The molecular weight excluding hydrogens is 384 g/mol. The number of hydrogen-bond donors (Lipinski definition) is 2. The van der Waals surface area contributed by atoms with Crippen LogP contribution in [0.15, 0.2) is 24.8 Å². The first-order valence-electron chi connectivity index (χ1n) is 11.4. The molecule has 0 saturated carbocycles. The molecule has 166 valence electrons. The molecule has 2 nitrogen and oxygen atoms in total. The zero-order valence-corrected chi connectivity index (χ0v) is 20.1. The van der Waals surface area contributed by atoms with Crippen LogP contribution in [-0.2, 0) is 0 Å². The van der Waals surface area contributed by atoms with Crippen molar-refractivity contribution in [2.45, 2.75) is 95.8 Å². The van der Waals surface area contributed by atoms with E-state index >= 15 is 0 Å². The van der Waals surface area contributed by atoms with Crippen LogP contribution in [0.5, 0.6) is 0 Å². The summed E-state index contributed by atoms with van der Waals surface area (Å²) < 4.78 is 0. The highest BCUT2D eigenvalue weighted by Gasteiger charge is 2.15. The summed E-state index contributed by atoms with van der Waals surface area (Å²) in [5.74, 6) is 3.98. The van der Waals surface area contributed by atoms with Crippen LogP contribution < -0.4 is 0 Å². The van der Waals surface area contributed by atoms with E-state index in [1.807, 2.05) is 17.8 Å². The second-order valence-corrected chi connectivity index (χ2v) is 10.3. The van der Waals surface area contributed by atoms with Gasteiger partial charge in [-0.2, -0.15) is 23.5 Å². The van der Waals surface area contributed by atoms with Crippen LogP contribution in [-0.4, -0.2) is 45.4 Å². The second-order valence-electron chi connectivity index (χ2n) is 7.65. The van der Waals surface area contributed by atoms with Gasteiger partial charge in [0.1, 0.15) is 0 Å². The lowest BCUT2D eigenvalue weighted by Crippen LogP contribution is -2.15. The largest absolute Gasteiger partial charge is 0.393 e. The summed E-state index contributed by atoms with van der Waals surface area (Å²) in [6.45, 7) is 8.66. The molecule has 0 bridgehead atoms. The van der Waals surface area contributed by atoms with Gasteiger partial charge in [-0.15, -0.1) is 6.58 Å². The quantitative estimate of drug-likeness (QED) is 0.154. The monoisotopic (exact) mass is 430 g/mol. The van der Waals surface area contributed by atoms with Gasteiger partial charge in [0.25, 0.3) is 0 Å². The van der Waals surface area contributed by atoms with Gasteiger partial charge in [0.15, 0.2) is 0 Å². The van der Waals surface area contributed by atoms with Crippen LogP contribution in [0.4, 0.5) is 0 Å². The van der Waals surface area contributed by atoms with Gasteiger partial charge in [-0.3, -0.25) is 0 Å². The standard InChI is InChI=1S/C24H46O2S2/c1-4-7-18-27-20-16-23(26)21-22(6-3)14-15-24(28-19-8-5-2)13-11-9-10-12-17-25/h6,10,12,22-26H,3-5,7-9,11,13-21H2,1-2H3. The lowest BCUT2D eigenvalue weighted by atomic mass is 9.93. The fraction of sp³-hybridized carbons (Fsp3) is 0.833. The molecule has 0 spiro atoms. The molecule has 0 aromatic carbocycles. The van der Waals surface area contributed by atoms with Gasteiger partial charge in [-0.1, -0.05) is 44.9 Å². The minimum Gasteiger partial charge on any atom is -0.393 e. The van der Waals surface area contributed by atoms with E-state index in [1.54, 1.807) is 0 Å². The SMILES string of the molecule is C=CC(CCC(CCCC=CCO)SCCCC)CC(O)CCSCCCC. The number of aliphatic hydroxyl groups excluding tert-OH is 2. The van der Waals surface area contributed by atoms with Crippen LogP contribution in [0.2, 0.25) is 0 Å². The highest BCUT2D eigenvalue weighted by Crippen LogP contribution is 2.27. The zero-order valence-electron chi connectivity index (χ0n) is 18.5. The predicted molar refractivity (Wildman–Crippen MR) is 132 cm³/mol. The van der Waals surface area contributed by atoms with E-state index in [9.17, 15) is 5.11 Å². The molecule has 0 aliphatic rings. The Balaban J connectivity index is 4.19. The molecule has 28 heavy (non-hydrogen) atoms. The molecule has 0 aliphatic carbocycles. The van der Waals surface area contributed by atoms with E-state index < -0.39 is 0 Å². The number of rotatable bonds is 21. The molecular formula is C24H46O2S2. The summed E-state index contributed by atoms with van der Waals surface area (Å²) in [4.78, 5) is 0. The van der Waals surface area contributed by atoms with E-state index in [2.05, 4.69) is 44.3 Å². The number of allylic oxidation sites excluding steroid dienone is 2. The maximum absolute atomic E-state index is 10.4. The molecule has 0 radical (unpaired) electrons. The Morgan fingerprint density at radius 2 is 1.64 bits per heavy atom. The second kappa shape index (κ2) is 21.8. The van der Waals surface area contributed by atoms with Crippen molar-refractivity contribution in [2.24, 2.45) is 5.92 Å². The van der Waals surface area contributed by atoms with Gasteiger partial charge in [0.05, 0.1) is 12.7 Å². The molecule has 3 atom stereocenters. The maximum Gasteiger partial charge on any atom is 0.0612 e. The van der Waals surface area contributed by atoms with Gasteiger partial charge < -0.3 is 10.2 Å². The predicted octanol–water partition coefficient (Wildman–Crippen LogP) is 6.86. The number of unbranched alkanes of at least 4 members (excludes halogenated alkanes) is 3. The molecule has 2 N–H and O–H groups in total. The minimum atomic E-state index is -0.188. The molecule has 0 aromatic rings. The first-order chi connectivity index (χ1) is 13.7. The number of thioether (sulfide) groups is 2. The lowest BCUT2D eigenvalue weighted by Gasteiger charge is -2.21. The Morgan fingerprint density at radius 1 is 0.893 bits per heavy atom. The Bertz CT molecular complexity index is 361. The smallest absolute Gasteiger partial charge is 0.0612 e. The Hall–Kier alpha value is 0.1000. The first-order valence-corrected chi connectivity index (χ1v) is 13.6. The van der Waals surface area contributed by atoms with Crippen LogP contribution in [0.25, 0.3) is 0 Å². The van der Waals surface area contributed by atoms with Crippen LogP contribution in [0, 0.1) is 5.92 Å². The van der Waals surface area contributed by atoms with E-state index in [0.717, 1.165) is 31.4 Å². The van der Waals surface area contributed by atoms with Crippen molar-refractivity contribution in [3.05, 3.63) is 24.8 Å². The summed E-state index contributed by atoms with van der Waals surface area (Å²) in [6, 6.07) is 0. The zero-order chi connectivity index (χ0) is 20.9. The molecule has 0 saturated heterocycles. The third kappa shape index (κ3) is 18.1. The third-order valence-electron chi connectivity index (χ3n) is 5.03. The molecule has 0 aromatic heterocycles. The van der Waals surface area contributed by atoms with Crippen LogP contribution in [0.3, 0.4) is 0 Å². The fourth-order valence-corrected chi connectivity index (χ4v) is 5.69. The maximum atomic E-state index is 10.4. The van der Waals surface area contributed by atoms with Crippen molar-refractivity contribution >= 4 is 23.5 Å².